The smallest absolute Gasteiger partial charge is 0.282 e. The van der Waals surface area contributed by atoms with Gasteiger partial charge in [0.1, 0.15) is 11.6 Å². The Labute approximate surface area is 174 Å². The summed E-state index contributed by atoms with van der Waals surface area (Å²) in [7, 11) is 0. The molecule has 0 spiro atoms. The lowest BCUT2D eigenvalue weighted by Gasteiger charge is -2.19. The van der Waals surface area contributed by atoms with E-state index in [4.69, 9.17) is 0 Å². The number of rotatable bonds is 5. The Bertz CT molecular complexity index is 983. The first-order valence-corrected chi connectivity index (χ1v) is 10.2. The van der Waals surface area contributed by atoms with Crippen molar-refractivity contribution >= 4 is 28.9 Å². The monoisotopic (exact) mass is 408 g/mol. The molecule has 2 aliphatic heterocycles. The number of carbonyl (C=O) groups is 2. The second kappa shape index (κ2) is 8.14. The Morgan fingerprint density at radius 1 is 1.10 bits per heavy atom. The van der Waals surface area contributed by atoms with Crippen LogP contribution in [-0.2, 0) is 4.79 Å². The lowest BCUT2D eigenvalue weighted by molar-refractivity contribution is -0.385. The number of nitro groups is 1. The second-order valence-corrected chi connectivity index (χ2v) is 7.80. The van der Waals surface area contributed by atoms with E-state index in [1.165, 1.54) is 12.1 Å². The normalized spacial score (nSPS) is 18.7. The molecule has 0 bridgehead atoms. The highest BCUT2D eigenvalue weighted by atomic mass is 16.6. The number of anilines is 2. The van der Waals surface area contributed by atoms with Crippen LogP contribution in [0.2, 0.25) is 0 Å². The van der Waals surface area contributed by atoms with Gasteiger partial charge in [0.2, 0.25) is 5.91 Å². The number of carbonyl (C=O) groups excluding carboxylic acids is 2. The van der Waals surface area contributed by atoms with Gasteiger partial charge in [-0.1, -0.05) is 17.7 Å². The van der Waals surface area contributed by atoms with E-state index < -0.39 is 11.0 Å². The highest BCUT2D eigenvalue weighted by molar-refractivity contribution is 6.02. The Balaban J connectivity index is 1.54. The fourth-order valence-electron chi connectivity index (χ4n) is 4.04. The third-order valence-corrected chi connectivity index (χ3v) is 5.71. The predicted octanol–water partition coefficient (Wildman–Crippen LogP) is 3.36. The maximum Gasteiger partial charge on any atom is 0.282 e. The molecule has 0 saturated carbocycles. The molecule has 156 valence electrons. The number of nitro benzene ring substituents is 1. The fraction of sp³-hybridized carbons (Fsp3) is 0.364. The van der Waals surface area contributed by atoms with E-state index in [2.05, 4.69) is 5.32 Å². The summed E-state index contributed by atoms with van der Waals surface area (Å²) in [6.07, 6.45) is 2.42. The molecule has 2 aromatic carbocycles. The van der Waals surface area contributed by atoms with E-state index in [1.807, 2.05) is 31.2 Å². The standard InChI is InChI=1S/C22H24N4O4/c1-15-4-7-17(8-5-15)25-13-10-19(22(25)28)23-16-6-9-20(26(29)30)18(14-16)21(27)24-11-2-3-12-24/h4-9,14,19,23H,2-3,10-13H2,1H3. The molecular weight excluding hydrogens is 384 g/mol. The van der Waals surface area contributed by atoms with Gasteiger partial charge in [0, 0.05) is 37.1 Å². The summed E-state index contributed by atoms with van der Waals surface area (Å²) in [6.45, 7) is 3.81. The van der Waals surface area contributed by atoms with Crippen molar-refractivity contribution in [1.82, 2.24) is 4.90 Å². The molecule has 1 atom stereocenters. The molecule has 2 fully saturated rings. The van der Waals surface area contributed by atoms with Gasteiger partial charge < -0.3 is 15.1 Å². The van der Waals surface area contributed by atoms with E-state index in [1.54, 1.807) is 15.9 Å². The third kappa shape index (κ3) is 3.85. The zero-order chi connectivity index (χ0) is 21.3. The molecular formula is C22H24N4O4. The number of amides is 2. The Morgan fingerprint density at radius 2 is 1.80 bits per heavy atom. The maximum atomic E-state index is 12.9. The highest BCUT2D eigenvalue weighted by Gasteiger charge is 2.33. The number of nitrogens with zero attached hydrogens (tertiary/aromatic N) is 3. The van der Waals surface area contributed by atoms with Crippen molar-refractivity contribution in [3.8, 4) is 0 Å². The van der Waals surface area contributed by atoms with Crippen molar-refractivity contribution < 1.29 is 14.5 Å². The van der Waals surface area contributed by atoms with Crippen molar-refractivity contribution in [2.75, 3.05) is 29.9 Å². The fourth-order valence-corrected chi connectivity index (χ4v) is 4.04. The van der Waals surface area contributed by atoms with Gasteiger partial charge in [-0.25, -0.2) is 0 Å². The molecule has 2 heterocycles. The predicted molar refractivity (Wildman–Crippen MR) is 114 cm³/mol. The topological polar surface area (TPSA) is 95.8 Å². The van der Waals surface area contributed by atoms with Crippen LogP contribution in [0.5, 0.6) is 0 Å². The maximum absolute atomic E-state index is 12.9. The Hall–Kier alpha value is -3.42. The minimum atomic E-state index is -0.535. The molecule has 2 aromatic rings. The lowest BCUT2D eigenvalue weighted by atomic mass is 10.1. The molecule has 2 saturated heterocycles. The second-order valence-electron chi connectivity index (χ2n) is 7.80. The van der Waals surface area contributed by atoms with Gasteiger partial charge in [-0.15, -0.1) is 0 Å². The van der Waals surface area contributed by atoms with Gasteiger partial charge in [-0.3, -0.25) is 19.7 Å². The third-order valence-electron chi connectivity index (χ3n) is 5.71. The Morgan fingerprint density at radius 3 is 2.47 bits per heavy atom. The molecule has 8 heteroatoms. The zero-order valence-electron chi connectivity index (χ0n) is 16.8. The molecule has 0 aliphatic carbocycles. The van der Waals surface area contributed by atoms with Crippen molar-refractivity contribution in [3.63, 3.8) is 0 Å². The number of hydrogen-bond donors (Lipinski definition) is 1. The number of benzene rings is 2. The van der Waals surface area contributed by atoms with Crippen LogP contribution in [0.3, 0.4) is 0 Å². The molecule has 8 nitrogen and oxygen atoms in total. The van der Waals surface area contributed by atoms with Gasteiger partial charge >= 0.3 is 0 Å². The quantitative estimate of drug-likeness (QED) is 0.605. The van der Waals surface area contributed by atoms with Crippen LogP contribution in [0.15, 0.2) is 42.5 Å². The summed E-state index contributed by atoms with van der Waals surface area (Å²) < 4.78 is 0. The van der Waals surface area contributed by atoms with Gasteiger partial charge in [0.05, 0.1) is 4.92 Å². The average molecular weight is 408 g/mol. The summed E-state index contributed by atoms with van der Waals surface area (Å²) in [6, 6.07) is 11.7. The van der Waals surface area contributed by atoms with Crippen molar-refractivity contribution in [2.45, 2.75) is 32.2 Å². The SMILES string of the molecule is Cc1ccc(N2CCC(Nc3ccc([N+](=O)[O-])c(C(=O)N4CCCC4)c3)C2=O)cc1. The van der Waals surface area contributed by atoms with Crippen LogP contribution in [0, 0.1) is 17.0 Å². The minimum absolute atomic E-state index is 0.0513. The molecule has 0 radical (unpaired) electrons. The molecule has 1 N–H and O–H groups in total. The number of hydrogen-bond acceptors (Lipinski definition) is 5. The summed E-state index contributed by atoms with van der Waals surface area (Å²) in [5.74, 6) is -0.383. The van der Waals surface area contributed by atoms with E-state index in [-0.39, 0.29) is 23.1 Å². The van der Waals surface area contributed by atoms with Gasteiger partial charge in [0.15, 0.2) is 0 Å². The number of likely N-dealkylation sites (tertiary alicyclic amines) is 1. The summed E-state index contributed by atoms with van der Waals surface area (Å²) in [5, 5.41) is 14.6. The van der Waals surface area contributed by atoms with E-state index in [9.17, 15) is 19.7 Å². The van der Waals surface area contributed by atoms with E-state index in [0.29, 0.717) is 31.7 Å². The van der Waals surface area contributed by atoms with Crippen LogP contribution < -0.4 is 10.2 Å². The minimum Gasteiger partial charge on any atom is -0.374 e. The molecule has 0 aromatic heterocycles. The molecule has 1 unspecified atom stereocenters. The first-order valence-electron chi connectivity index (χ1n) is 10.2. The molecule has 2 amide bonds. The van der Waals surface area contributed by atoms with Gasteiger partial charge in [0.25, 0.3) is 11.6 Å². The largest absolute Gasteiger partial charge is 0.374 e. The molecule has 4 rings (SSSR count). The number of nitrogens with one attached hydrogen (secondary N) is 1. The highest BCUT2D eigenvalue weighted by Crippen LogP contribution is 2.28. The van der Waals surface area contributed by atoms with Crippen LogP contribution >= 0.6 is 0 Å². The molecule has 2 aliphatic rings. The Kier molecular flexibility index (Phi) is 5.39. The zero-order valence-corrected chi connectivity index (χ0v) is 16.8. The van der Waals surface area contributed by atoms with Crippen molar-refractivity contribution in [1.29, 1.82) is 0 Å². The van der Waals surface area contributed by atoms with Crippen molar-refractivity contribution in [2.24, 2.45) is 0 Å². The first-order chi connectivity index (χ1) is 14.4. The lowest BCUT2D eigenvalue weighted by Crippen LogP contribution is -2.33. The summed E-state index contributed by atoms with van der Waals surface area (Å²) >= 11 is 0. The van der Waals surface area contributed by atoms with Gasteiger partial charge in [-0.2, -0.15) is 0 Å². The molecule has 30 heavy (non-hydrogen) atoms. The number of aryl methyl sites for hydroxylation is 1. The van der Waals surface area contributed by atoms with Gasteiger partial charge in [-0.05, 0) is 50.5 Å². The van der Waals surface area contributed by atoms with Crippen LogP contribution in [0.4, 0.5) is 17.1 Å². The average Bonchev–Trinajstić information content (AvgIpc) is 3.39. The van der Waals surface area contributed by atoms with Crippen LogP contribution in [0.1, 0.15) is 35.2 Å². The van der Waals surface area contributed by atoms with E-state index in [0.717, 1.165) is 24.1 Å². The summed E-state index contributed by atoms with van der Waals surface area (Å²) in [5.41, 5.74) is 2.36. The van der Waals surface area contributed by atoms with Crippen LogP contribution in [0.25, 0.3) is 0 Å². The summed E-state index contributed by atoms with van der Waals surface area (Å²) in [4.78, 5) is 40.0. The first kappa shape index (κ1) is 19.9. The van der Waals surface area contributed by atoms with Crippen molar-refractivity contribution in [3.05, 3.63) is 63.7 Å². The van der Waals surface area contributed by atoms with Crippen LogP contribution in [-0.4, -0.2) is 47.3 Å². The van der Waals surface area contributed by atoms with E-state index >= 15 is 0 Å².